The van der Waals surface area contributed by atoms with Gasteiger partial charge in [0.2, 0.25) is 0 Å². The van der Waals surface area contributed by atoms with Crippen molar-refractivity contribution in [3.05, 3.63) is 33.9 Å². The van der Waals surface area contributed by atoms with E-state index in [1.807, 2.05) is 0 Å². The lowest BCUT2D eigenvalue weighted by Gasteiger charge is -2.02. The smallest absolute Gasteiger partial charge is 0.340 e. The number of esters is 1. The molecule has 0 radical (unpaired) electrons. The monoisotopic (exact) mass is 263 g/mol. The Labute approximate surface area is 114 Å². The third kappa shape index (κ3) is 3.61. The van der Waals surface area contributed by atoms with Gasteiger partial charge in [-0.05, 0) is 43.6 Å². The van der Waals surface area contributed by atoms with Gasteiger partial charge in [0.15, 0.2) is 0 Å². The highest BCUT2D eigenvalue weighted by Crippen LogP contribution is 2.60. The van der Waals surface area contributed by atoms with Crippen LogP contribution in [0.4, 0.5) is 0 Å². The van der Waals surface area contributed by atoms with Crippen LogP contribution in [0.2, 0.25) is 0 Å². The van der Waals surface area contributed by atoms with Gasteiger partial charge in [-0.15, -0.1) is 0 Å². The maximum atomic E-state index is 11.7. The number of ether oxygens (including phenoxy) is 1. The predicted octanol–water partition coefficient (Wildman–Crippen LogP) is 3.98. The predicted molar refractivity (Wildman–Crippen MR) is 74.1 cm³/mol. The van der Waals surface area contributed by atoms with Gasteiger partial charge in [0, 0.05) is 4.91 Å². The van der Waals surface area contributed by atoms with E-state index in [9.17, 15) is 4.79 Å². The van der Waals surface area contributed by atoms with Gasteiger partial charge < -0.3 is 4.74 Å². The summed E-state index contributed by atoms with van der Waals surface area (Å²) in [6, 6.07) is 0. The van der Waals surface area contributed by atoms with Crippen molar-refractivity contribution in [2.24, 2.45) is 22.4 Å². The number of carbonyl (C=O) groups is 1. The second-order valence-electron chi connectivity index (χ2n) is 5.58. The van der Waals surface area contributed by atoms with Crippen LogP contribution >= 0.6 is 0 Å². The fourth-order valence-corrected chi connectivity index (χ4v) is 2.28. The van der Waals surface area contributed by atoms with Crippen molar-refractivity contribution in [3.63, 3.8) is 0 Å². The molecule has 1 aliphatic carbocycles. The number of rotatable bonds is 5. The van der Waals surface area contributed by atoms with Crippen molar-refractivity contribution in [2.45, 2.75) is 34.6 Å². The highest BCUT2D eigenvalue weighted by atomic mass is 16.5. The zero-order valence-corrected chi connectivity index (χ0v) is 12.2. The van der Waals surface area contributed by atoms with Crippen molar-refractivity contribution < 1.29 is 9.53 Å². The Balaban J connectivity index is 2.95. The molecule has 0 amide bonds. The molecular formula is C14H21N3O2. The molecular weight excluding hydrogens is 242 g/mol. The normalized spacial score (nSPS) is 24.2. The van der Waals surface area contributed by atoms with Gasteiger partial charge in [-0.25, -0.2) is 4.79 Å². The third-order valence-electron chi connectivity index (χ3n) is 3.48. The molecule has 0 N–H and O–H groups in total. The first-order valence-corrected chi connectivity index (χ1v) is 6.43. The lowest BCUT2D eigenvalue weighted by atomic mass is 10.1. The first kappa shape index (κ1) is 15.3. The van der Waals surface area contributed by atoms with Crippen LogP contribution in [0.5, 0.6) is 0 Å². The molecule has 0 heterocycles. The molecule has 0 unspecified atom stereocenters. The van der Waals surface area contributed by atoms with E-state index in [0.717, 1.165) is 0 Å². The summed E-state index contributed by atoms with van der Waals surface area (Å²) in [6.07, 6.45) is 3.93. The summed E-state index contributed by atoms with van der Waals surface area (Å²) in [5, 5.41) is 3.45. The van der Waals surface area contributed by atoms with Crippen LogP contribution in [0.1, 0.15) is 34.6 Å². The molecule has 0 aromatic heterocycles. The van der Waals surface area contributed by atoms with E-state index in [2.05, 4.69) is 43.8 Å². The van der Waals surface area contributed by atoms with Gasteiger partial charge in [0.25, 0.3) is 0 Å². The topological polar surface area (TPSA) is 75.1 Å². The highest BCUT2D eigenvalue weighted by Gasteiger charge is 2.55. The second kappa shape index (κ2) is 5.93. The van der Waals surface area contributed by atoms with Crippen LogP contribution in [0.3, 0.4) is 0 Å². The number of carbonyl (C=O) groups excluding carboxylic acids is 1. The summed E-state index contributed by atoms with van der Waals surface area (Å²) in [4.78, 5) is 14.4. The summed E-state index contributed by atoms with van der Waals surface area (Å²) in [5.41, 5.74) is 9.92. The summed E-state index contributed by atoms with van der Waals surface area (Å²) >= 11 is 0. The van der Waals surface area contributed by atoms with E-state index >= 15 is 0 Å². The van der Waals surface area contributed by atoms with Gasteiger partial charge in [-0.2, -0.15) is 0 Å². The summed E-state index contributed by atoms with van der Waals surface area (Å²) in [6.45, 7) is 10.4. The quantitative estimate of drug-likeness (QED) is 0.188. The molecule has 1 fully saturated rings. The van der Waals surface area contributed by atoms with Crippen molar-refractivity contribution in [1.82, 2.24) is 0 Å². The number of azide groups is 1. The van der Waals surface area contributed by atoms with E-state index in [1.54, 1.807) is 13.0 Å². The number of allylic oxidation sites excluding steroid dienone is 3. The average molecular weight is 263 g/mol. The Bertz CT molecular complexity index is 467. The standard InChI is InChI=1S/C14H21N3O2/c1-6-19-13(18)12(16-17-15)8-11-10(7-9(2)3)14(11,4)5/h7-8,10-11H,6H2,1-5H3/b12-8-/t10-,11-/m0/s1. The molecule has 104 valence electrons. The van der Waals surface area contributed by atoms with E-state index < -0.39 is 5.97 Å². The molecule has 0 saturated heterocycles. The van der Waals surface area contributed by atoms with E-state index in [0.29, 0.717) is 5.92 Å². The molecule has 1 rings (SSSR count). The van der Waals surface area contributed by atoms with Crippen LogP contribution in [0.15, 0.2) is 28.5 Å². The molecule has 1 saturated carbocycles. The molecule has 1 aliphatic rings. The van der Waals surface area contributed by atoms with Crippen LogP contribution in [-0.4, -0.2) is 12.6 Å². The van der Waals surface area contributed by atoms with Gasteiger partial charge in [-0.3, -0.25) is 0 Å². The first-order valence-electron chi connectivity index (χ1n) is 6.43. The van der Waals surface area contributed by atoms with Crippen molar-refractivity contribution >= 4 is 5.97 Å². The average Bonchev–Trinajstić information content (AvgIpc) is 2.79. The molecule has 0 aromatic rings. The van der Waals surface area contributed by atoms with Crippen LogP contribution in [0.25, 0.3) is 10.4 Å². The molecule has 0 spiro atoms. The van der Waals surface area contributed by atoms with Crippen molar-refractivity contribution in [2.75, 3.05) is 6.61 Å². The van der Waals surface area contributed by atoms with Gasteiger partial charge >= 0.3 is 5.97 Å². The minimum Gasteiger partial charge on any atom is -0.462 e. The minimum atomic E-state index is -0.557. The summed E-state index contributed by atoms with van der Waals surface area (Å²) in [7, 11) is 0. The van der Waals surface area contributed by atoms with Crippen LogP contribution in [0, 0.1) is 17.3 Å². The molecule has 5 heteroatoms. The molecule has 5 nitrogen and oxygen atoms in total. The first-order chi connectivity index (χ1) is 8.84. The third-order valence-corrected chi connectivity index (χ3v) is 3.48. The zero-order chi connectivity index (χ0) is 14.6. The van der Waals surface area contributed by atoms with Crippen molar-refractivity contribution in [3.8, 4) is 0 Å². The number of hydrogen-bond acceptors (Lipinski definition) is 3. The van der Waals surface area contributed by atoms with Gasteiger partial charge in [0.05, 0.1) is 6.61 Å². The summed E-state index contributed by atoms with van der Waals surface area (Å²) in [5.74, 6) is 0.0158. The Hall–Kier alpha value is -1.74. The fourth-order valence-electron chi connectivity index (χ4n) is 2.28. The van der Waals surface area contributed by atoms with Crippen molar-refractivity contribution in [1.29, 1.82) is 0 Å². The Kier molecular flexibility index (Phi) is 4.78. The molecule has 19 heavy (non-hydrogen) atoms. The highest BCUT2D eigenvalue weighted by molar-refractivity contribution is 5.88. The fraction of sp³-hybridized carbons (Fsp3) is 0.643. The molecule has 2 atom stereocenters. The lowest BCUT2D eigenvalue weighted by molar-refractivity contribution is -0.138. The van der Waals surface area contributed by atoms with E-state index in [-0.39, 0.29) is 23.6 Å². The van der Waals surface area contributed by atoms with Crippen LogP contribution in [-0.2, 0) is 9.53 Å². The van der Waals surface area contributed by atoms with E-state index in [4.69, 9.17) is 10.3 Å². The molecule has 0 aromatic carbocycles. The Morgan fingerprint density at radius 2 is 1.95 bits per heavy atom. The zero-order valence-electron chi connectivity index (χ0n) is 12.2. The maximum Gasteiger partial charge on any atom is 0.340 e. The Morgan fingerprint density at radius 3 is 2.42 bits per heavy atom. The SMILES string of the molecule is CCOC(=O)/C(=C/[C@H]1[C@H](C=C(C)C)C1(C)C)N=[N+]=[N-]. The molecule has 0 aliphatic heterocycles. The second-order valence-corrected chi connectivity index (χ2v) is 5.58. The summed E-state index contributed by atoms with van der Waals surface area (Å²) < 4.78 is 4.88. The van der Waals surface area contributed by atoms with Gasteiger partial charge in [-0.1, -0.05) is 36.7 Å². The number of hydrogen-bond donors (Lipinski definition) is 0. The number of nitrogens with zero attached hydrogens (tertiary/aromatic N) is 3. The minimum absolute atomic E-state index is 0.0621. The van der Waals surface area contributed by atoms with Gasteiger partial charge in [0.1, 0.15) is 5.70 Å². The molecule has 0 bridgehead atoms. The maximum absolute atomic E-state index is 11.7. The van der Waals surface area contributed by atoms with E-state index in [1.165, 1.54) is 5.57 Å². The Morgan fingerprint density at radius 1 is 1.37 bits per heavy atom. The van der Waals surface area contributed by atoms with Crippen LogP contribution < -0.4 is 0 Å². The largest absolute Gasteiger partial charge is 0.462 e. The lowest BCUT2D eigenvalue weighted by Crippen LogP contribution is -2.06.